The Balaban J connectivity index is 1.58. The van der Waals surface area contributed by atoms with Gasteiger partial charge in [-0.15, -0.1) is 0 Å². The fourth-order valence-electron chi connectivity index (χ4n) is 5.61. The van der Waals surface area contributed by atoms with Gasteiger partial charge in [0.25, 0.3) is 5.91 Å². The van der Waals surface area contributed by atoms with Gasteiger partial charge in [-0.3, -0.25) is 9.69 Å². The molecule has 0 bridgehead atoms. The molecule has 0 aromatic heterocycles. The highest BCUT2D eigenvalue weighted by Crippen LogP contribution is 2.42. The van der Waals surface area contributed by atoms with E-state index in [1.165, 1.54) is 0 Å². The van der Waals surface area contributed by atoms with E-state index in [0.29, 0.717) is 54.8 Å². The Morgan fingerprint density at radius 1 is 1.09 bits per heavy atom. The average molecular weight is 600 g/mol. The third-order valence-electron chi connectivity index (χ3n) is 8.21. The van der Waals surface area contributed by atoms with Crippen molar-refractivity contribution in [1.82, 2.24) is 9.80 Å². The number of hydrogen-bond donors (Lipinski definition) is 1. The smallest absolute Gasteiger partial charge is 0.258 e. The van der Waals surface area contributed by atoms with Crippen LogP contribution in [0.15, 0.2) is 30.3 Å². The summed E-state index contributed by atoms with van der Waals surface area (Å²) in [6.07, 6.45) is 2.55. The van der Waals surface area contributed by atoms with Crippen LogP contribution in [0, 0.1) is 5.92 Å². The molecule has 2 heterocycles. The quantitative estimate of drug-likeness (QED) is 0.474. The lowest BCUT2D eigenvalue weighted by atomic mass is 10.0. The molecule has 2 aliphatic heterocycles. The number of carbonyl (C=O) groups excluding carboxylic acids is 1. The number of aliphatic hydroxyl groups excluding tert-OH is 1. The van der Waals surface area contributed by atoms with Crippen LogP contribution in [-0.4, -0.2) is 100 Å². The Bertz CT molecular complexity index is 1220. The number of benzene rings is 2. The van der Waals surface area contributed by atoms with Gasteiger partial charge < -0.3 is 38.6 Å². The zero-order valence-corrected chi connectivity index (χ0v) is 26.8. The standard InChI is InChI=1S/C33H49N3O7/c1-22-17-36(23(2)20-37)33(38)27-16-26(34(4)5)11-12-28(27)43-24(3)10-8-9-13-40-31(22)19-35(6)18-25-14-29(39-7)32-30(15-25)41-21-42-32/h11-12,14-16,22-24,31,37H,8-10,13,17-21H2,1-7H3/t22-,23+,24-,31+/m1/s1. The van der Waals surface area contributed by atoms with Crippen molar-refractivity contribution in [3.8, 4) is 23.0 Å². The van der Waals surface area contributed by atoms with Gasteiger partial charge in [0.05, 0.1) is 37.5 Å². The summed E-state index contributed by atoms with van der Waals surface area (Å²) in [5.41, 5.74) is 2.47. The molecule has 43 heavy (non-hydrogen) atoms. The first-order chi connectivity index (χ1) is 20.6. The van der Waals surface area contributed by atoms with Gasteiger partial charge in [-0.05, 0) is 76.1 Å². The minimum atomic E-state index is -0.379. The van der Waals surface area contributed by atoms with Crippen LogP contribution in [0.3, 0.4) is 0 Å². The van der Waals surface area contributed by atoms with Gasteiger partial charge in [0.1, 0.15) is 5.75 Å². The summed E-state index contributed by atoms with van der Waals surface area (Å²) in [7, 11) is 7.60. The minimum Gasteiger partial charge on any atom is -0.493 e. The van der Waals surface area contributed by atoms with E-state index in [2.05, 4.69) is 18.9 Å². The molecular formula is C33H49N3O7. The van der Waals surface area contributed by atoms with Crippen LogP contribution in [0.5, 0.6) is 23.0 Å². The van der Waals surface area contributed by atoms with Crippen molar-refractivity contribution in [2.45, 2.75) is 64.8 Å². The number of amides is 1. The Kier molecular flexibility index (Phi) is 11.4. The molecule has 0 saturated carbocycles. The highest BCUT2D eigenvalue weighted by Gasteiger charge is 2.31. The maximum atomic E-state index is 14.2. The van der Waals surface area contributed by atoms with Gasteiger partial charge in [0, 0.05) is 51.9 Å². The molecule has 0 spiro atoms. The lowest BCUT2D eigenvalue weighted by molar-refractivity contribution is -0.0177. The van der Waals surface area contributed by atoms with Crippen LogP contribution < -0.4 is 23.8 Å². The van der Waals surface area contributed by atoms with E-state index in [0.717, 1.165) is 30.5 Å². The van der Waals surface area contributed by atoms with Gasteiger partial charge in [0.15, 0.2) is 11.5 Å². The van der Waals surface area contributed by atoms with E-state index < -0.39 is 0 Å². The van der Waals surface area contributed by atoms with Crippen LogP contribution in [0.1, 0.15) is 56.0 Å². The number of carbonyl (C=O) groups is 1. The number of likely N-dealkylation sites (N-methyl/N-ethyl adjacent to an activating group) is 1. The minimum absolute atomic E-state index is 0.00467. The molecule has 4 rings (SSSR count). The second kappa shape index (κ2) is 15.0. The van der Waals surface area contributed by atoms with Crippen LogP contribution >= 0.6 is 0 Å². The van der Waals surface area contributed by atoms with E-state index in [-0.39, 0.29) is 43.5 Å². The van der Waals surface area contributed by atoms with Gasteiger partial charge in [0.2, 0.25) is 12.5 Å². The topological polar surface area (TPSA) is 93.2 Å². The molecule has 0 aliphatic carbocycles. The molecule has 10 heteroatoms. The molecule has 2 aromatic rings. The molecular weight excluding hydrogens is 550 g/mol. The van der Waals surface area contributed by atoms with Gasteiger partial charge in [-0.1, -0.05) is 6.92 Å². The van der Waals surface area contributed by atoms with E-state index in [4.69, 9.17) is 23.7 Å². The van der Waals surface area contributed by atoms with Crippen LogP contribution in [-0.2, 0) is 11.3 Å². The Morgan fingerprint density at radius 3 is 2.60 bits per heavy atom. The predicted molar refractivity (Wildman–Crippen MR) is 167 cm³/mol. The second-order valence-electron chi connectivity index (χ2n) is 12.1. The largest absolute Gasteiger partial charge is 0.493 e. The normalized spacial score (nSPS) is 22.0. The number of methoxy groups -OCH3 is 1. The molecule has 1 N–H and O–H groups in total. The van der Waals surface area contributed by atoms with Gasteiger partial charge >= 0.3 is 0 Å². The van der Waals surface area contributed by atoms with E-state index in [9.17, 15) is 9.90 Å². The fraction of sp³-hybridized carbons (Fsp3) is 0.606. The number of ether oxygens (including phenoxy) is 5. The van der Waals surface area contributed by atoms with E-state index >= 15 is 0 Å². The Labute approximate surface area is 256 Å². The van der Waals surface area contributed by atoms with Crippen molar-refractivity contribution in [1.29, 1.82) is 0 Å². The van der Waals surface area contributed by atoms with Gasteiger partial charge in [-0.2, -0.15) is 0 Å². The Hall–Kier alpha value is -3.21. The molecule has 0 radical (unpaired) electrons. The zero-order valence-electron chi connectivity index (χ0n) is 26.8. The summed E-state index contributed by atoms with van der Waals surface area (Å²) < 4.78 is 29.5. The first-order valence-corrected chi connectivity index (χ1v) is 15.3. The summed E-state index contributed by atoms with van der Waals surface area (Å²) in [5, 5.41) is 10.2. The highest BCUT2D eigenvalue weighted by molar-refractivity contribution is 5.98. The molecule has 4 atom stereocenters. The predicted octanol–water partition coefficient (Wildman–Crippen LogP) is 4.42. The Morgan fingerprint density at radius 2 is 1.88 bits per heavy atom. The van der Waals surface area contributed by atoms with Crippen molar-refractivity contribution in [2.24, 2.45) is 5.92 Å². The summed E-state index contributed by atoms with van der Waals surface area (Å²) >= 11 is 0. The summed E-state index contributed by atoms with van der Waals surface area (Å²) in [5.74, 6) is 2.40. The van der Waals surface area contributed by atoms with Crippen molar-refractivity contribution in [3.63, 3.8) is 0 Å². The molecule has 0 saturated heterocycles. The molecule has 1 amide bonds. The molecule has 0 unspecified atom stereocenters. The van der Waals surface area contributed by atoms with Crippen molar-refractivity contribution < 1.29 is 33.6 Å². The number of aliphatic hydroxyl groups is 1. The van der Waals surface area contributed by atoms with Crippen molar-refractivity contribution in [3.05, 3.63) is 41.5 Å². The average Bonchev–Trinajstić information content (AvgIpc) is 3.46. The van der Waals surface area contributed by atoms with Gasteiger partial charge in [-0.25, -0.2) is 0 Å². The summed E-state index contributed by atoms with van der Waals surface area (Å²) in [6.45, 7) is 8.45. The molecule has 2 aromatic carbocycles. The SMILES string of the molecule is COc1cc(CN(C)C[C@@H]2OCCCC[C@@H](C)Oc3ccc(N(C)C)cc3C(=O)N([C@@H](C)CO)C[C@H]2C)cc2c1OCO2. The number of nitrogens with zero attached hydrogens (tertiary/aromatic N) is 3. The number of fused-ring (bicyclic) bond motifs is 2. The number of rotatable bonds is 8. The fourth-order valence-corrected chi connectivity index (χ4v) is 5.61. The van der Waals surface area contributed by atoms with Crippen molar-refractivity contribution >= 4 is 11.6 Å². The van der Waals surface area contributed by atoms with Crippen LogP contribution in [0.25, 0.3) is 0 Å². The summed E-state index contributed by atoms with van der Waals surface area (Å²) in [6, 6.07) is 9.34. The second-order valence-corrected chi connectivity index (χ2v) is 12.1. The molecule has 0 fully saturated rings. The number of hydrogen-bond acceptors (Lipinski definition) is 9. The van der Waals surface area contributed by atoms with Crippen LogP contribution in [0.2, 0.25) is 0 Å². The first kappa shape index (κ1) is 32.7. The third-order valence-corrected chi connectivity index (χ3v) is 8.21. The zero-order chi connectivity index (χ0) is 31.1. The lowest BCUT2D eigenvalue weighted by Crippen LogP contribution is -2.47. The van der Waals surface area contributed by atoms with Crippen molar-refractivity contribution in [2.75, 3.05) is 66.2 Å². The number of anilines is 1. The lowest BCUT2D eigenvalue weighted by Gasteiger charge is -2.36. The molecule has 2 aliphatic rings. The van der Waals surface area contributed by atoms with Crippen LogP contribution in [0.4, 0.5) is 5.69 Å². The highest BCUT2D eigenvalue weighted by atomic mass is 16.7. The maximum absolute atomic E-state index is 14.2. The summed E-state index contributed by atoms with van der Waals surface area (Å²) in [4.78, 5) is 20.1. The van der Waals surface area contributed by atoms with E-state index in [1.807, 2.05) is 63.2 Å². The molecule has 10 nitrogen and oxygen atoms in total. The first-order valence-electron chi connectivity index (χ1n) is 15.3. The van der Waals surface area contributed by atoms with E-state index in [1.54, 1.807) is 12.0 Å². The monoisotopic (exact) mass is 599 g/mol. The molecule has 238 valence electrons. The third kappa shape index (κ3) is 8.25. The maximum Gasteiger partial charge on any atom is 0.258 e.